The molecule has 0 saturated carbocycles. The molecule has 7 heteroatoms. The first-order chi connectivity index (χ1) is 11.5. The molecule has 0 aliphatic carbocycles. The van der Waals surface area contributed by atoms with E-state index in [1.165, 1.54) is 18.5 Å². The molecular formula is C17H25N3O3S. The number of nitrogens with zero attached hydrogens (tertiary/aromatic N) is 2. The van der Waals surface area contributed by atoms with Crippen LogP contribution in [0.4, 0.5) is 5.69 Å². The summed E-state index contributed by atoms with van der Waals surface area (Å²) in [5.41, 5.74) is 3.15. The molecule has 0 radical (unpaired) electrons. The number of sulfonamides is 1. The lowest BCUT2D eigenvalue weighted by atomic mass is 10.0. The van der Waals surface area contributed by atoms with Crippen molar-refractivity contribution in [2.45, 2.75) is 44.5 Å². The van der Waals surface area contributed by atoms with Gasteiger partial charge in [-0.25, -0.2) is 13.1 Å². The Kier molecular flexibility index (Phi) is 5.10. The second-order valence-electron chi connectivity index (χ2n) is 6.65. The van der Waals surface area contributed by atoms with Crippen molar-refractivity contribution in [3.63, 3.8) is 0 Å². The summed E-state index contributed by atoms with van der Waals surface area (Å²) in [5.74, 6) is 0. The van der Waals surface area contributed by atoms with Crippen LogP contribution in [-0.4, -0.2) is 45.1 Å². The fraction of sp³-hybridized carbons (Fsp3) is 0.588. The van der Waals surface area contributed by atoms with Gasteiger partial charge in [0.1, 0.15) is 6.10 Å². The van der Waals surface area contributed by atoms with E-state index in [0.29, 0.717) is 6.42 Å². The summed E-state index contributed by atoms with van der Waals surface area (Å²) in [5, 5.41) is 3.68. The monoisotopic (exact) mass is 351 g/mol. The Hall–Kier alpha value is -1.60. The minimum Gasteiger partial charge on any atom is -0.390 e. The van der Waals surface area contributed by atoms with Crippen LogP contribution >= 0.6 is 0 Å². The van der Waals surface area contributed by atoms with E-state index in [1.807, 2.05) is 0 Å². The zero-order valence-electron chi connectivity index (χ0n) is 14.2. The Morgan fingerprint density at radius 1 is 1.25 bits per heavy atom. The summed E-state index contributed by atoms with van der Waals surface area (Å²) in [7, 11) is -3.27. The van der Waals surface area contributed by atoms with Gasteiger partial charge in [-0.1, -0.05) is 17.3 Å². The number of nitrogens with one attached hydrogen (secondary N) is 1. The summed E-state index contributed by atoms with van der Waals surface area (Å²) < 4.78 is 26.2. The topological polar surface area (TPSA) is 71.0 Å². The lowest BCUT2D eigenvalue weighted by molar-refractivity contribution is 0.0891. The highest BCUT2D eigenvalue weighted by Gasteiger charge is 2.25. The number of benzene rings is 1. The smallest absolute Gasteiger partial charge is 0.214 e. The summed E-state index contributed by atoms with van der Waals surface area (Å²) in [6, 6.07) is 8.38. The Morgan fingerprint density at radius 2 is 1.92 bits per heavy atom. The first-order valence-electron chi connectivity index (χ1n) is 8.52. The van der Waals surface area contributed by atoms with Gasteiger partial charge in [-0.2, -0.15) is 0 Å². The maximum absolute atomic E-state index is 11.8. The van der Waals surface area contributed by atoms with Crippen molar-refractivity contribution in [1.29, 1.82) is 0 Å². The van der Waals surface area contributed by atoms with E-state index < -0.39 is 15.3 Å². The lowest BCUT2D eigenvalue weighted by Gasteiger charge is -2.17. The molecule has 1 fully saturated rings. The van der Waals surface area contributed by atoms with Gasteiger partial charge in [0.15, 0.2) is 0 Å². The molecule has 0 bridgehead atoms. The Labute approximate surface area is 143 Å². The molecule has 2 aliphatic rings. The summed E-state index contributed by atoms with van der Waals surface area (Å²) in [4.78, 5) is 7.76. The predicted molar refractivity (Wildman–Crippen MR) is 96.0 cm³/mol. The van der Waals surface area contributed by atoms with Crippen molar-refractivity contribution in [3.8, 4) is 0 Å². The second kappa shape index (κ2) is 7.11. The van der Waals surface area contributed by atoms with Crippen LogP contribution in [0.3, 0.4) is 0 Å². The zero-order chi connectivity index (χ0) is 17.2. The zero-order valence-corrected chi connectivity index (χ0v) is 15.1. The SMILES string of the molecule is CC(C)S(=O)(=O)NCC1CC(c2ccc(N3CCCC3)cc2)=NO1. The van der Waals surface area contributed by atoms with Gasteiger partial charge in [-0.15, -0.1) is 0 Å². The van der Waals surface area contributed by atoms with Crippen LogP contribution in [0.5, 0.6) is 0 Å². The van der Waals surface area contributed by atoms with Crippen molar-refractivity contribution >= 4 is 21.4 Å². The van der Waals surface area contributed by atoms with Gasteiger partial charge in [0.05, 0.1) is 17.5 Å². The molecule has 2 heterocycles. The van der Waals surface area contributed by atoms with Crippen molar-refractivity contribution in [3.05, 3.63) is 29.8 Å². The first-order valence-corrected chi connectivity index (χ1v) is 10.1. The molecule has 1 aromatic rings. The molecule has 0 spiro atoms. The van der Waals surface area contributed by atoms with Crippen LogP contribution in [0.25, 0.3) is 0 Å². The van der Waals surface area contributed by atoms with Crippen LogP contribution in [0.2, 0.25) is 0 Å². The lowest BCUT2D eigenvalue weighted by Crippen LogP contribution is -2.36. The summed E-state index contributed by atoms with van der Waals surface area (Å²) in [6.45, 7) is 5.81. The molecule has 1 saturated heterocycles. The molecule has 1 atom stereocenters. The van der Waals surface area contributed by atoms with E-state index in [2.05, 4.69) is 39.0 Å². The van der Waals surface area contributed by atoms with Crippen LogP contribution in [0.1, 0.15) is 38.7 Å². The van der Waals surface area contributed by atoms with Crippen molar-refractivity contribution in [2.24, 2.45) is 5.16 Å². The summed E-state index contributed by atoms with van der Waals surface area (Å²) >= 11 is 0. The Bertz CT molecular complexity index is 692. The van der Waals surface area contributed by atoms with Crippen LogP contribution < -0.4 is 9.62 Å². The molecule has 1 N–H and O–H groups in total. The molecular weight excluding hydrogens is 326 g/mol. The van der Waals surface area contributed by atoms with Gasteiger partial charge in [-0.3, -0.25) is 0 Å². The average molecular weight is 351 g/mol. The van der Waals surface area contributed by atoms with Gasteiger partial charge in [0.25, 0.3) is 0 Å². The first kappa shape index (κ1) is 17.2. The van der Waals surface area contributed by atoms with Crippen molar-refractivity contribution in [2.75, 3.05) is 24.5 Å². The number of hydrogen-bond acceptors (Lipinski definition) is 5. The van der Waals surface area contributed by atoms with E-state index >= 15 is 0 Å². The Morgan fingerprint density at radius 3 is 2.54 bits per heavy atom. The number of oxime groups is 1. The van der Waals surface area contributed by atoms with Crippen molar-refractivity contribution < 1.29 is 13.3 Å². The Balaban J connectivity index is 1.55. The molecule has 3 rings (SSSR count). The average Bonchev–Trinajstić information content (AvgIpc) is 3.25. The van der Waals surface area contributed by atoms with Gasteiger partial charge in [0, 0.05) is 25.2 Å². The third-order valence-corrected chi connectivity index (χ3v) is 6.35. The highest BCUT2D eigenvalue weighted by atomic mass is 32.2. The number of rotatable bonds is 6. The van der Waals surface area contributed by atoms with Gasteiger partial charge in [-0.05, 0) is 44.4 Å². The predicted octanol–water partition coefficient (Wildman–Crippen LogP) is 2.11. The van der Waals surface area contributed by atoms with E-state index in [-0.39, 0.29) is 12.6 Å². The highest BCUT2D eigenvalue weighted by Crippen LogP contribution is 2.23. The van der Waals surface area contributed by atoms with Crippen LogP contribution in [0.15, 0.2) is 29.4 Å². The van der Waals surface area contributed by atoms with E-state index in [0.717, 1.165) is 24.4 Å². The molecule has 1 aromatic carbocycles. The molecule has 2 aliphatic heterocycles. The highest BCUT2D eigenvalue weighted by molar-refractivity contribution is 7.90. The fourth-order valence-corrected chi connectivity index (χ4v) is 3.68. The molecule has 6 nitrogen and oxygen atoms in total. The molecule has 0 aromatic heterocycles. The minimum absolute atomic E-state index is 0.244. The maximum atomic E-state index is 11.8. The largest absolute Gasteiger partial charge is 0.390 e. The quantitative estimate of drug-likeness (QED) is 0.852. The molecule has 1 unspecified atom stereocenters. The second-order valence-corrected chi connectivity index (χ2v) is 8.97. The van der Waals surface area contributed by atoms with Gasteiger partial charge in [0.2, 0.25) is 10.0 Å². The molecule has 0 amide bonds. The standard InChI is InChI=1S/C17H25N3O3S/c1-13(2)24(21,22)18-12-16-11-17(19-23-16)14-5-7-15(8-6-14)20-9-3-4-10-20/h5-8,13,16,18H,3-4,9-12H2,1-2H3. The van der Waals surface area contributed by atoms with E-state index in [9.17, 15) is 8.42 Å². The minimum atomic E-state index is -3.27. The van der Waals surface area contributed by atoms with E-state index in [4.69, 9.17) is 4.84 Å². The molecule has 24 heavy (non-hydrogen) atoms. The fourth-order valence-electron chi connectivity index (χ4n) is 2.92. The number of anilines is 1. The third kappa shape index (κ3) is 3.89. The van der Waals surface area contributed by atoms with Gasteiger partial charge >= 0.3 is 0 Å². The summed E-state index contributed by atoms with van der Waals surface area (Å²) in [6.07, 6.45) is 2.89. The maximum Gasteiger partial charge on any atom is 0.214 e. The normalized spacial score (nSPS) is 21.2. The molecule has 132 valence electrons. The number of hydrogen-bond donors (Lipinski definition) is 1. The third-order valence-electron chi connectivity index (χ3n) is 4.54. The van der Waals surface area contributed by atoms with Crippen LogP contribution in [-0.2, 0) is 14.9 Å². The van der Waals surface area contributed by atoms with Crippen LogP contribution in [0, 0.1) is 0 Å². The van der Waals surface area contributed by atoms with Gasteiger partial charge < -0.3 is 9.74 Å². The van der Waals surface area contributed by atoms with E-state index in [1.54, 1.807) is 13.8 Å². The van der Waals surface area contributed by atoms with Crippen molar-refractivity contribution in [1.82, 2.24) is 4.72 Å².